The lowest BCUT2D eigenvalue weighted by Gasteiger charge is -2.10. The number of para-hydroxylation sites is 1. The third-order valence-corrected chi connectivity index (χ3v) is 3.64. The molecule has 0 amide bonds. The quantitative estimate of drug-likeness (QED) is 0.915. The predicted octanol–water partition coefficient (Wildman–Crippen LogP) is 2.75. The van der Waals surface area contributed by atoms with Gasteiger partial charge in [0, 0.05) is 0 Å². The minimum Gasteiger partial charge on any atom is -0.491 e. The van der Waals surface area contributed by atoms with Gasteiger partial charge in [0.05, 0.1) is 23.2 Å². The minimum atomic E-state index is 0.235. The monoisotopic (exact) mass is 323 g/mol. The topological polar surface area (TPSA) is 74.2 Å². The largest absolute Gasteiger partial charge is 0.491 e. The fourth-order valence-electron chi connectivity index (χ4n) is 1.76. The van der Waals surface area contributed by atoms with Crippen molar-refractivity contribution < 1.29 is 9.26 Å². The molecule has 1 fully saturated rings. The summed E-state index contributed by atoms with van der Waals surface area (Å²) in [7, 11) is 0. The maximum absolute atomic E-state index is 5.89. The van der Waals surface area contributed by atoms with Gasteiger partial charge in [0.15, 0.2) is 0 Å². The lowest BCUT2D eigenvalue weighted by molar-refractivity contribution is 0.299. The van der Waals surface area contributed by atoms with Crippen molar-refractivity contribution in [3.05, 3.63) is 28.6 Å². The number of nitrogens with two attached hydrogens (primary N) is 1. The van der Waals surface area contributed by atoms with E-state index in [2.05, 4.69) is 26.1 Å². The highest BCUT2D eigenvalue weighted by molar-refractivity contribution is 9.10. The Morgan fingerprint density at radius 2 is 2.26 bits per heavy atom. The Morgan fingerprint density at radius 3 is 2.95 bits per heavy atom. The maximum atomic E-state index is 5.89. The Labute approximate surface area is 119 Å². The molecule has 0 bridgehead atoms. The summed E-state index contributed by atoms with van der Waals surface area (Å²) < 4.78 is 11.8. The van der Waals surface area contributed by atoms with Crippen LogP contribution in [0.5, 0.6) is 5.75 Å². The number of benzene rings is 1. The van der Waals surface area contributed by atoms with E-state index >= 15 is 0 Å². The fraction of sp³-hybridized carbons (Fsp3) is 0.385. The standard InChI is InChI=1S/C13H14BrN3O2/c14-10-3-1-2-9(12(10)18-7-8-4-5-8)13-16-11(6-15)19-17-13/h1-3,8H,4-7,15H2. The molecule has 1 aliphatic carbocycles. The lowest BCUT2D eigenvalue weighted by Crippen LogP contribution is -2.01. The number of hydrogen-bond acceptors (Lipinski definition) is 5. The molecular weight excluding hydrogens is 310 g/mol. The van der Waals surface area contributed by atoms with Gasteiger partial charge in [0.1, 0.15) is 5.75 Å². The second-order valence-corrected chi connectivity index (χ2v) is 5.44. The Morgan fingerprint density at radius 1 is 1.42 bits per heavy atom. The van der Waals surface area contributed by atoms with Crippen molar-refractivity contribution in [1.82, 2.24) is 10.1 Å². The molecule has 0 aliphatic heterocycles. The number of nitrogens with zero attached hydrogens (tertiary/aromatic N) is 2. The van der Waals surface area contributed by atoms with Crippen LogP contribution in [0.25, 0.3) is 11.4 Å². The van der Waals surface area contributed by atoms with Gasteiger partial charge in [-0.15, -0.1) is 0 Å². The van der Waals surface area contributed by atoms with Crippen molar-refractivity contribution in [2.45, 2.75) is 19.4 Å². The summed E-state index contributed by atoms with van der Waals surface area (Å²) in [5, 5.41) is 3.93. The van der Waals surface area contributed by atoms with Crippen LogP contribution in [0.15, 0.2) is 27.2 Å². The number of halogens is 1. The average Bonchev–Trinajstić information content (AvgIpc) is 3.12. The van der Waals surface area contributed by atoms with E-state index in [-0.39, 0.29) is 6.54 Å². The van der Waals surface area contributed by atoms with Crippen LogP contribution >= 0.6 is 15.9 Å². The van der Waals surface area contributed by atoms with E-state index in [1.54, 1.807) is 0 Å². The van der Waals surface area contributed by atoms with Gasteiger partial charge in [0.25, 0.3) is 0 Å². The zero-order chi connectivity index (χ0) is 13.2. The summed E-state index contributed by atoms with van der Waals surface area (Å²) in [6.45, 7) is 0.969. The van der Waals surface area contributed by atoms with E-state index in [1.807, 2.05) is 18.2 Å². The molecule has 1 aliphatic rings. The third kappa shape index (κ3) is 2.79. The van der Waals surface area contributed by atoms with E-state index < -0.39 is 0 Å². The molecule has 6 heteroatoms. The van der Waals surface area contributed by atoms with Crippen LogP contribution in [0.3, 0.4) is 0 Å². The van der Waals surface area contributed by atoms with Crippen LogP contribution in [-0.4, -0.2) is 16.7 Å². The zero-order valence-electron chi connectivity index (χ0n) is 10.3. The van der Waals surface area contributed by atoms with E-state index in [4.69, 9.17) is 15.0 Å². The Bertz CT molecular complexity index is 581. The second kappa shape index (κ2) is 5.30. The van der Waals surface area contributed by atoms with E-state index in [9.17, 15) is 0 Å². The minimum absolute atomic E-state index is 0.235. The van der Waals surface area contributed by atoms with Crippen LogP contribution in [0.2, 0.25) is 0 Å². The van der Waals surface area contributed by atoms with E-state index in [0.29, 0.717) is 17.6 Å². The van der Waals surface area contributed by atoms with Crippen LogP contribution in [0.1, 0.15) is 18.7 Å². The Balaban J connectivity index is 1.91. The molecule has 3 rings (SSSR count). The van der Waals surface area contributed by atoms with E-state index in [1.165, 1.54) is 12.8 Å². The van der Waals surface area contributed by atoms with Crippen LogP contribution in [-0.2, 0) is 6.54 Å². The first-order valence-corrected chi connectivity index (χ1v) is 7.01. The van der Waals surface area contributed by atoms with Gasteiger partial charge in [-0.1, -0.05) is 11.2 Å². The maximum Gasteiger partial charge on any atom is 0.240 e. The summed E-state index contributed by atoms with van der Waals surface area (Å²) >= 11 is 3.50. The highest BCUT2D eigenvalue weighted by Crippen LogP contribution is 2.37. The van der Waals surface area contributed by atoms with Crippen LogP contribution in [0, 0.1) is 5.92 Å². The second-order valence-electron chi connectivity index (χ2n) is 4.59. The summed E-state index contributed by atoms with van der Waals surface area (Å²) in [5.74, 6) is 2.37. The molecule has 0 unspecified atom stereocenters. The van der Waals surface area contributed by atoms with Crippen molar-refractivity contribution in [1.29, 1.82) is 0 Å². The van der Waals surface area contributed by atoms with Gasteiger partial charge in [-0.05, 0) is 46.8 Å². The molecule has 19 heavy (non-hydrogen) atoms. The molecule has 1 saturated carbocycles. The number of ether oxygens (including phenoxy) is 1. The zero-order valence-corrected chi connectivity index (χ0v) is 11.9. The summed E-state index contributed by atoms with van der Waals surface area (Å²) in [6.07, 6.45) is 2.50. The molecule has 1 aromatic heterocycles. The molecule has 0 saturated heterocycles. The third-order valence-electron chi connectivity index (χ3n) is 3.01. The first-order chi connectivity index (χ1) is 9.28. The number of hydrogen-bond donors (Lipinski definition) is 1. The molecule has 2 N–H and O–H groups in total. The molecule has 1 aromatic carbocycles. The van der Waals surface area contributed by atoms with Crippen LogP contribution < -0.4 is 10.5 Å². The molecule has 0 radical (unpaired) electrons. The van der Waals surface area contributed by atoms with Gasteiger partial charge < -0.3 is 15.0 Å². The molecule has 0 spiro atoms. The van der Waals surface area contributed by atoms with Crippen molar-refractivity contribution >= 4 is 15.9 Å². The molecule has 5 nitrogen and oxygen atoms in total. The van der Waals surface area contributed by atoms with Gasteiger partial charge in [-0.2, -0.15) is 4.98 Å². The molecule has 1 heterocycles. The highest BCUT2D eigenvalue weighted by Gasteiger charge is 2.23. The first-order valence-electron chi connectivity index (χ1n) is 6.22. The highest BCUT2D eigenvalue weighted by atomic mass is 79.9. The summed E-state index contributed by atoms with van der Waals surface area (Å²) in [4.78, 5) is 4.24. The Hall–Kier alpha value is -1.40. The molecule has 100 valence electrons. The number of aromatic nitrogens is 2. The molecule has 2 aromatic rings. The van der Waals surface area contributed by atoms with Gasteiger partial charge in [-0.25, -0.2) is 0 Å². The molecule has 0 atom stereocenters. The summed E-state index contributed by atoms with van der Waals surface area (Å²) in [6, 6.07) is 5.77. The van der Waals surface area contributed by atoms with Crippen molar-refractivity contribution in [2.24, 2.45) is 11.7 Å². The summed E-state index contributed by atoms with van der Waals surface area (Å²) in [5.41, 5.74) is 6.30. The van der Waals surface area contributed by atoms with Crippen molar-refractivity contribution in [3.63, 3.8) is 0 Å². The first kappa shape index (κ1) is 12.6. The number of rotatable bonds is 5. The molecular formula is C13H14BrN3O2. The fourth-order valence-corrected chi connectivity index (χ4v) is 2.25. The smallest absolute Gasteiger partial charge is 0.240 e. The SMILES string of the molecule is NCc1nc(-c2cccc(Br)c2OCC2CC2)no1. The van der Waals surface area contributed by atoms with Crippen molar-refractivity contribution in [3.8, 4) is 17.1 Å². The van der Waals surface area contributed by atoms with Gasteiger partial charge in [0.2, 0.25) is 11.7 Å². The Kier molecular flexibility index (Phi) is 3.52. The average molecular weight is 324 g/mol. The van der Waals surface area contributed by atoms with Crippen molar-refractivity contribution in [2.75, 3.05) is 6.61 Å². The van der Waals surface area contributed by atoms with Gasteiger partial charge in [-0.3, -0.25) is 0 Å². The van der Waals surface area contributed by atoms with E-state index in [0.717, 1.165) is 22.4 Å². The normalized spacial score (nSPS) is 14.6. The van der Waals surface area contributed by atoms with Crippen LogP contribution in [0.4, 0.5) is 0 Å². The lowest BCUT2D eigenvalue weighted by atomic mass is 10.2. The predicted molar refractivity (Wildman–Crippen MR) is 73.5 cm³/mol. The van der Waals surface area contributed by atoms with Gasteiger partial charge >= 0.3 is 0 Å².